The van der Waals surface area contributed by atoms with Gasteiger partial charge >= 0.3 is 0 Å². The highest BCUT2D eigenvalue weighted by Gasteiger charge is 2.30. The molecule has 1 aromatic heterocycles. The van der Waals surface area contributed by atoms with Crippen LogP contribution in [0, 0.1) is 5.92 Å². The number of alkyl halides is 1. The van der Waals surface area contributed by atoms with E-state index in [4.69, 9.17) is 11.6 Å². The zero-order chi connectivity index (χ0) is 10.1. The summed E-state index contributed by atoms with van der Waals surface area (Å²) < 4.78 is 1.76. The standard InChI is InChI=1S/C10H16ClN3/c1-7-3-4-8(11)5-9(7)10-12-6-14(2)13-10/h6-9H,3-5H2,1-2H3. The molecule has 0 aliphatic heterocycles. The minimum Gasteiger partial charge on any atom is -0.256 e. The summed E-state index contributed by atoms with van der Waals surface area (Å²) in [6, 6.07) is 0. The van der Waals surface area contributed by atoms with Crippen molar-refractivity contribution in [1.82, 2.24) is 14.8 Å². The van der Waals surface area contributed by atoms with E-state index in [0.717, 1.165) is 18.7 Å². The van der Waals surface area contributed by atoms with Crippen LogP contribution in [0.15, 0.2) is 6.33 Å². The second-order valence-corrected chi connectivity index (χ2v) is 4.89. The SMILES string of the molecule is CC1CCC(Cl)CC1c1ncn(C)n1. The van der Waals surface area contributed by atoms with Gasteiger partial charge in [-0.2, -0.15) is 5.10 Å². The number of hydrogen-bond donors (Lipinski definition) is 0. The summed E-state index contributed by atoms with van der Waals surface area (Å²) in [6.07, 6.45) is 5.11. The third-order valence-corrected chi connectivity index (χ3v) is 3.48. The van der Waals surface area contributed by atoms with E-state index in [-0.39, 0.29) is 0 Å². The molecule has 1 heterocycles. The summed E-state index contributed by atoms with van der Waals surface area (Å²) >= 11 is 6.17. The first-order valence-corrected chi connectivity index (χ1v) is 5.60. The highest BCUT2D eigenvalue weighted by atomic mass is 35.5. The topological polar surface area (TPSA) is 30.7 Å². The maximum Gasteiger partial charge on any atom is 0.153 e. The lowest BCUT2D eigenvalue weighted by Crippen LogP contribution is -2.22. The van der Waals surface area contributed by atoms with E-state index in [1.54, 1.807) is 11.0 Å². The monoisotopic (exact) mass is 213 g/mol. The third kappa shape index (κ3) is 1.92. The lowest BCUT2D eigenvalue weighted by atomic mass is 9.80. The van der Waals surface area contributed by atoms with Crippen LogP contribution in [0.5, 0.6) is 0 Å². The molecule has 0 amide bonds. The molecule has 1 aliphatic rings. The molecule has 78 valence electrons. The molecule has 1 saturated carbocycles. The number of hydrogen-bond acceptors (Lipinski definition) is 2. The Hall–Kier alpha value is -0.570. The summed E-state index contributed by atoms with van der Waals surface area (Å²) in [5.41, 5.74) is 0. The Morgan fingerprint density at radius 3 is 2.93 bits per heavy atom. The van der Waals surface area contributed by atoms with E-state index in [1.165, 1.54) is 6.42 Å². The minimum absolute atomic E-state index is 0.306. The van der Waals surface area contributed by atoms with Crippen molar-refractivity contribution in [3.8, 4) is 0 Å². The number of aryl methyl sites for hydroxylation is 1. The first-order valence-electron chi connectivity index (χ1n) is 5.16. The molecule has 3 atom stereocenters. The molecule has 4 heteroatoms. The van der Waals surface area contributed by atoms with Gasteiger partial charge in [0.15, 0.2) is 5.82 Å². The fourth-order valence-electron chi connectivity index (χ4n) is 2.16. The van der Waals surface area contributed by atoms with Crippen LogP contribution in [0.3, 0.4) is 0 Å². The molecule has 3 nitrogen and oxygen atoms in total. The summed E-state index contributed by atoms with van der Waals surface area (Å²) in [5, 5.41) is 4.67. The zero-order valence-electron chi connectivity index (χ0n) is 8.65. The third-order valence-electron chi connectivity index (χ3n) is 3.08. The van der Waals surface area contributed by atoms with Crippen molar-refractivity contribution in [2.24, 2.45) is 13.0 Å². The van der Waals surface area contributed by atoms with E-state index < -0.39 is 0 Å². The molecule has 1 aromatic rings. The molecule has 0 N–H and O–H groups in total. The number of halogens is 1. The molecule has 1 fully saturated rings. The molecule has 0 aromatic carbocycles. The average Bonchev–Trinajstić information content (AvgIpc) is 2.56. The van der Waals surface area contributed by atoms with Crippen molar-refractivity contribution in [3.05, 3.63) is 12.2 Å². The maximum absolute atomic E-state index is 6.17. The van der Waals surface area contributed by atoms with Crippen LogP contribution in [-0.2, 0) is 7.05 Å². The van der Waals surface area contributed by atoms with Gasteiger partial charge in [0.2, 0.25) is 0 Å². The molecule has 2 rings (SSSR count). The van der Waals surface area contributed by atoms with E-state index >= 15 is 0 Å². The summed E-state index contributed by atoms with van der Waals surface area (Å²) in [5.74, 6) is 2.07. The largest absolute Gasteiger partial charge is 0.256 e. The van der Waals surface area contributed by atoms with Crippen molar-refractivity contribution in [2.75, 3.05) is 0 Å². The number of aromatic nitrogens is 3. The highest BCUT2D eigenvalue weighted by Crippen LogP contribution is 2.37. The fourth-order valence-corrected chi connectivity index (χ4v) is 2.47. The fraction of sp³-hybridized carbons (Fsp3) is 0.800. The molecular weight excluding hydrogens is 198 g/mol. The second-order valence-electron chi connectivity index (χ2n) is 4.27. The first-order chi connectivity index (χ1) is 6.66. The second kappa shape index (κ2) is 3.89. The Labute approximate surface area is 89.5 Å². The van der Waals surface area contributed by atoms with Crippen LogP contribution in [-0.4, -0.2) is 20.1 Å². The normalized spacial score (nSPS) is 33.2. The van der Waals surface area contributed by atoms with Crippen LogP contribution in [0.2, 0.25) is 0 Å². The van der Waals surface area contributed by atoms with Crippen LogP contribution in [0.4, 0.5) is 0 Å². The Kier molecular flexibility index (Phi) is 2.77. The Bertz CT molecular complexity index is 310. The zero-order valence-corrected chi connectivity index (χ0v) is 9.41. The van der Waals surface area contributed by atoms with Crippen LogP contribution in [0.1, 0.15) is 37.9 Å². The Morgan fingerprint density at radius 1 is 1.50 bits per heavy atom. The number of nitrogens with zero attached hydrogens (tertiary/aromatic N) is 3. The highest BCUT2D eigenvalue weighted by molar-refractivity contribution is 6.20. The molecule has 0 bridgehead atoms. The minimum atomic E-state index is 0.306. The molecule has 3 unspecified atom stereocenters. The smallest absolute Gasteiger partial charge is 0.153 e. The van der Waals surface area contributed by atoms with Gasteiger partial charge in [-0.05, 0) is 25.2 Å². The van der Waals surface area contributed by atoms with Gasteiger partial charge in [0.25, 0.3) is 0 Å². The van der Waals surface area contributed by atoms with Crippen molar-refractivity contribution < 1.29 is 0 Å². The van der Waals surface area contributed by atoms with Crippen molar-refractivity contribution >= 4 is 11.6 Å². The van der Waals surface area contributed by atoms with Crippen LogP contribution in [0.25, 0.3) is 0 Å². The van der Waals surface area contributed by atoms with Crippen LogP contribution >= 0.6 is 11.6 Å². The first kappa shape index (κ1) is 9.97. The maximum atomic E-state index is 6.17. The molecule has 0 spiro atoms. The van der Waals surface area contributed by atoms with Gasteiger partial charge < -0.3 is 0 Å². The molecular formula is C10H16ClN3. The predicted octanol–water partition coefficient (Wildman–Crippen LogP) is 2.33. The lowest BCUT2D eigenvalue weighted by molar-refractivity contribution is 0.323. The van der Waals surface area contributed by atoms with Crippen molar-refractivity contribution in [1.29, 1.82) is 0 Å². The predicted molar refractivity (Wildman–Crippen MR) is 56.4 cm³/mol. The van der Waals surface area contributed by atoms with Gasteiger partial charge in [0.05, 0.1) is 0 Å². The molecule has 14 heavy (non-hydrogen) atoms. The summed E-state index contributed by atoms with van der Waals surface area (Å²) in [6.45, 7) is 2.27. The Balaban J connectivity index is 2.15. The molecule has 0 saturated heterocycles. The van der Waals surface area contributed by atoms with Crippen molar-refractivity contribution in [2.45, 2.75) is 37.5 Å². The van der Waals surface area contributed by atoms with Gasteiger partial charge in [-0.1, -0.05) is 6.92 Å². The Morgan fingerprint density at radius 2 is 2.29 bits per heavy atom. The average molecular weight is 214 g/mol. The van der Waals surface area contributed by atoms with Gasteiger partial charge in [-0.25, -0.2) is 4.98 Å². The summed E-state index contributed by atoms with van der Waals surface area (Å²) in [7, 11) is 1.90. The van der Waals surface area contributed by atoms with Crippen LogP contribution < -0.4 is 0 Å². The van der Waals surface area contributed by atoms with Gasteiger partial charge in [-0.15, -0.1) is 11.6 Å². The van der Waals surface area contributed by atoms with E-state index in [9.17, 15) is 0 Å². The quantitative estimate of drug-likeness (QED) is 0.671. The molecule has 0 radical (unpaired) electrons. The van der Waals surface area contributed by atoms with Gasteiger partial charge in [0, 0.05) is 18.3 Å². The van der Waals surface area contributed by atoms with E-state index in [1.807, 2.05) is 7.05 Å². The lowest BCUT2D eigenvalue weighted by Gasteiger charge is -2.29. The van der Waals surface area contributed by atoms with E-state index in [0.29, 0.717) is 17.2 Å². The molecule has 1 aliphatic carbocycles. The summed E-state index contributed by atoms with van der Waals surface area (Å²) in [4.78, 5) is 4.32. The van der Waals surface area contributed by atoms with E-state index in [2.05, 4.69) is 17.0 Å². The van der Waals surface area contributed by atoms with Gasteiger partial charge in [-0.3, -0.25) is 4.68 Å². The van der Waals surface area contributed by atoms with Crippen molar-refractivity contribution in [3.63, 3.8) is 0 Å². The van der Waals surface area contributed by atoms with Gasteiger partial charge in [0.1, 0.15) is 6.33 Å². The number of rotatable bonds is 1.